The van der Waals surface area contributed by atoms with Crippen molar-refractivity contribution in [3.05, 3.63) is 16.1 Å². The summed E-state index contributed by atoms with van der Waals surface area (Å²) in [6.45, 7) is 4.75. The average Bonchev–Trinajstić information content (AvgIpc) is 2.81. The van der Waals surface area contributed by atoms with Crippen LogP contribution in [0, 0.1) is 0 Å². The minimum atomic E-state index is -0.198. The Morgan fingerprint density at radius 3 is 2.88 bits per heavy atom. The van der Waals surface area contributed by atoms with E-state index in [9.17, 15) is 4.79 Å². The highest BCUT2D eigenvalue weighted by atomic mass is 32.1. The standard InChI is InChI=1S/C12H19NO3S/c1-4-10(16-5-2)12-13-9(8-17-12)6-7-11(14)15-3/h8,10H,4-7H2,1-3H3. The Morgan fingerprint density at radius 1 is 1.53 bits per heavy atom. The number of esters is 1. The van der Waals surface area contributed by atoms with Gasteiger partial charge in [-0.25, -0.2) is 4.98 Å². The fourth-order valence-electron chi connectivity index (χ4n) is 1.48. The first-order valence-electron chi connectivity index (χ1n) is 5.83. The van der Waals surface area contributed by atoms with Gasteiger partial charge < -0.3 is 9.47 Å². The zero-order valence-electron chi connectivity index (χ0n) is 10.6. The van der Waals surface area contributed by atoms with Crippen LogP contribution in [0.2, 0.25) is 0 Å². The van der Waals surface area contributed by atoms with Crippen molar-refractivity contribution in [1.82, 2.24) is 4.98 Å². The summed E-state index contributed by atoms with van der Waals surface area (Å²) in [5.41, 5.74) is 0.938. The molecule has 1 aromatic rings. The Kier molecular flexibility index (Phi) is 6.15. The highest BCUT2D eigenvalue weighted by Crippen LogP contribution is 2.24. The summed E-state index contributed by atoms with van der Waals surface area (Å²) in [5, 5.41) is 2.98. The maximum absolute atomic E-state index is 11.0. The van der Waals surface area contributed by atoms with E-state index in [-0.39, 0.29) is 12.1 Å². The summed E-state index contributed by atoms with van der Waals surface area (Å²) < 4.78 is 10.2. The highest BCUT2D eigenvalue weighted by Gasteiger charge is 2.14. The van der Waals surface area contributed by atoms with Crippen LogP contribution in [-0.2, 0) is 20.7 Å². The van der Waals surface area contributed by atoms with Gasteiger partial charge in [0.25, 0.3) is 0 Å². The van der Waals surface area contributed by atoms with Gasteiger partial charge in [0, 0.05) is 18.4 Å². The summed E-state index contributed by atoms with van der Waals surface area (Å²) in [6, 6.07) is 0. The second-order valence-corrected chi connectivity index (χ2v) is 4.50. The second-order valence-electron chi connectivity index (χ2n) is 3.61. The first-order valence-corrected chi connectivity index (χ1v) is 6.71. The molecule has 1 atom stereocenters. The maximum Gasteiger partial charge on any atom is 0.305 e. The van der Waals surface area contributed by atoms with Crippen LogP contribution >= 0.6 is 11.3 Å². The molecule has 0 spiro atoms. The van der Waals surface area contributed by atoms with E-state index < -0.39 is 0 Å². The number of aryl methyl sites for hydroxylation is 1. The van der Waals surface area contributed by atoms with Crippen molar-refractivity contribution >= 4 is 17.3 Å². The zero-order chi connectivity index (χ0) is 12.7. The number of nitrogens with zero attached hydrogens (tertiary/aromatic N) is 1. The Labute approximate surface area is 106 Å². The normalized spacial score (nSPS) is 12.4. The fourth-order valence-corrected chi connectivity index (χ4v) is 2.47. The molecule has 0 saturated heterocycles. The van der Waals surface area contributed by atoms with E-state index >= 15 is 0 Å². The average molecular weight is 257 g/mol. The van der Waals surface area contributed by atoms with Crippen molar-refractivity contribution in [2.75, 3.05) is 13.7 Å². The molecule has 1 rings (SSSR count). The smallest absolute Gasteiger partial charge is 0.305 e. The number of rotatable bonds is 7. The minimum absolute atomic E-state index is 0.0804. The first-order chi connectivity index (χ1) is 8.21. The lowest BCUT2D eigenvalue weighted by atomic mass is 10.2. The van der Waals surface area contributed by atoms with Crippen molar-refractivity contribution in [1.29, 1.82) is 0 Å². The summed E-state index contributed by atoms with van der Waals surface area (Å²) >= 11 is 1.59. The van der Waals surface area contributed by atoms with Crippen LogP contribution in [0.25, 0.3) is 0 Å². The van der Waals surface area contributed by atoms with Crippen LogP contribution in [-0.4, -0.2) is 24.7 Å². The molecule has 1 unspecified atom stereocenters. The number of aromatic nitrogens is 1. The van der Waals surface area contributed by atoms with E-state index in [0.717, 1.165) is 17.1 Å². The van der Waals surface area contributed by atoms with Gasteiger partial charge in [0.2, 0.25) is 0 Å². The number of hydrogen-bond donors (Lipinski definition) is 0. The predicted molar refractivity (Wildman–Crippen MR) is 67.1 cm³/mol. The van der Waals surface area contributed by atoms with Crippen LogP contribution < -0.4 is 0 Å². The van der Waals surface area contributed by atoms with Crippen LogP contribution in [0.1, 0.15) is 43.5 Å². The van der Waals surface area contributed by atoms with Crippen molar-refractivity contribution in [2.45, 2.75) is 39.2 Å². The molecule has 0 amide bonds. The van der Waals surface area contributed by atoms with Crippen molar-refractivity contribution in [3.63, 3.8) is 0 Å². The van der Waals surface area contributed by atoms with E-state index in [4.69, 9.17) is 4.74 Å². The van der Waals surface area contributed by atoms with Crippen molar-refractivity contribution in [3.8, 4) is 0 Å². The van der Waals surface area contributed by atoms with E-state index in [0.29, 0.717) is 19.4 Å². The Hall–Kier alpha value is -0.940. The van der Waals surface area contributed by atoms with Gasteiger partial charge in [0.05, 0.1) is 19.2 Å². The minimum Gasteiger partial charge on any atom is -0.469 e. The van der Waals surface area contributed by atoms with Gasteiger partial charge in [-0.15, -0.1) is 11.3 Å². The number of ether oxygens (including phenoxy) is 2. The van der Waals surface area contributed by atoms with Crippen LogP contribution in [0.5, 0.6) is 0 Å². The lowest BCUT2D eigenvalue weighted by Gasteiger charge is -2.11. The number of thiazole rings is 1. The summed E-state index contributed by atoms with van der Waals surface area (Å²) in [4.78, 5) is 15.5. The van der Waals surface area contributed by atoms with Crippen LogP contribution in [0.15, 0.2) is 5.38 Å². The SMILES string of the molecule is CCOC(CC)c1nc(CCC(=O)OC)cs1. The van der Waals surface area contributed by atoms with E-state index in [1.807, 2.05) is 12.3 Å². The molecule has 0 saturated carbocycles. The van der Waals surface area contributed by atoms with E-state index in [1.165, 1.54) is 7.11 Å². The molecule has 1 aromatic heterocycles. The summed E-state index contributed by atoms with van der Waals surface area (Å²) in [5.74, 6) is -0.198. The molecule has 1 heterocycles. The summed E-state index contributed by atoms with van der Waals surface area (Å²) in [7, 11) is 1.40. The van der Waals surface area contributed by atoms with E-state index in [1.54, 1.807) is 11.3 Å². The molecule has 0 aliphatic carbocycles. The lowest BCUT2D eigenvalue weighted by molar-refractivity contribution is -0.140. The predicted octanol–water partition coefficient (Wildman–Crippen LogP) is 2.74. The number of hydrogen-bond acceptors (Lipinski definition) is 5. The second kappa shape index (κ2) is 7.40. The molecular formula is C12H19NO3S. The highest BCUT2D eigenvalue weighted by molar-refractivity contribution is 7.09. The Bertz CT molecular complexity index is 351. The monoisotopic (exact) mass is 257 g/mol. The van der Waals surface area contributed by atoms with Crippen molar-refractivity contribution in [2.24, 2.45) is 0 Å². The molecule has 0 radical (unpaired) electrons. The van der Waals surface area contributed by atoms with Crippen molar-refractivity contribution < 1.29 is 14.3 Å². The van der Waals surface area contributed by atoms with Gasteiger partial charge in [-0.2, -0.15) is 0 Å². The van der Waals surface area contributed by atoms with Gasteiger partial charge in [0.15, 0.2) is 0 Å². The molecule has 0 N–H and O–H groups in total. The number of carbonyl (C=O) groups excluding carboxylic acids is 1. The quantitative estimate of drug-likeness (QED) is 0.705. The molecule has 5 heteroatoms. The largest absolute Gasteiger partial charge is 0.469 e. The van der Waals surface area contributed by atoms with Crippen LogP contribution in [0.4, 0.5) is 0 Å². The third kappa shape index (κ3) is 4.44. The van der Waals surface area contributed by atoms with Gasteiger partial charge in [-0.1, -0.05) is 6.92 Å². The summed E-state index contributed by atoms with van der Waals surface area (Å²) in [6.07, 6.45) is 2.01. The third-order valence-corrected chi connectivity index (χ3v) is 3.38. The molecular weight excluding hydrogens is 238 g/mol. The molecule has 0 aliphatic heterocycles. The molecule has 0 fully saturated rings. The zero-order valence-corrected chi connectivity index (χ0v) is 11.4. The third-order valence-electron chi connectivity index (χ3n) is 2.40. The van der Waals surface area contributed by atoms with Gasteiger partial charge in [-0.3, -0.25) is 4.79 Å². The lowest BCUT2D eigenvalue weighted by Crippen LogP contribution is -2.04. The Balaban J connectivity index is 2.54. The van der Waals surface area contributed by atoms with E-state index in [2.05, 4.69) is 16.6 Å². The van der Waals surface area contributed by atoms with Gasteiger partial charge in [0.1, 0.15) is 11.1 Å². The fraction of sp³-hybridized carbons (Fsp3) is 0.667. The Morgan fingerprint density at radius 2 is 2.29 bits per heavy atom. The molecule has 96 valence electrons. The maximum atomic E-state index is 11.0. The number of carbonyl (C=O) groups is 1. The molecule has 0 aromatic carbocycles. The molecule has 4 nitrogen and oxygen atoms in total. The molecule has 17 heavy (non-hydrogen) atoms. The molecule has 0 aliphatic rings. The van der Waals surface area contributed by atoms with Crippen LogP contribution in [0.3, 0.4) is 0 Å². The first kappa shape index (κ1) is 14.1. The van der Waals surface area contributed by atoms with Gasteiger partial charge in [-0.05, 0) is 13.3 Å². The van der Waals surface area contributed by atoms with Gasteiger partial charge >= 0.3 is 5.97 Å². The number of methoxy groups -OCH3 is 1. The topological polar surface area (TPSA) is 48.4 Å². The molecule has 0 bridgehead atoms.